The molecule has 18 heavy (non-hydrogen) atoms. The molecule has 2 rings (SSSR count). The van der Waals surface area contributed by atoms with Crippen LogP contribution in [-0.2, 0) is 6.61 Å². The predicted octanol–water partition coefficient (Wildman–Crippen LogP) is 3.95. The van der Waals surface area contributed by atoms with Gasteiger partial charge in [0.1, 0.15) is 18.2 Å². The van der Waals surface area contributed by atoms with Crippen LogP contribution in [0.2, 0.25) is 5.02 Å². The summed E-state index contributed by atoms with van der Waals surface area (Å²) in [5, 5.41) is 0.649. The van der Waals surface area contributed by atoms with Crippen molar-refractivity contribution in [2.75, 3.05) is 5.73 Å². The first-order valence-electron chi connectivity index (χ1n) is 5.49. The van der Waals surface area contributed by atoms with Crippen LogP contribution in [0.4, 0.5) is 10.1 Å². The van der Waals surface area contributed by atoms with E-state index in [0.29, 0.717) is 17.4 Å². The van der Waals surface area contributed by atoms with Crippen LogP contribution in [0.15, 0.2) is 36.4 Å². The van der Waals surface area contributed by atoms with E-state index in [1.54, 1.807) is 0 Å². The first-order chi connectivity index (χ1) is 8.56. The van der Waals surface area contributed by atoms with E-state index in [4.69, 9.17) is 22.1 Å². The molecule has 2 N–H and O–H groups in total. The number of hydrogen-bond donors (Lipinski definition) is 1. The Morgan fingerprint density at radius 1 is 1.22 bits per heavy atom. The first-order valence-corrected chi connectivity index (χ1v) is 5.87. The van der Waals surface area contributed by atoms with Crippen LogP contribution in [-0.4, -0.2) is 0 Å². The molecule has 0 heterocycles. The molecule has 0 amide bonds. The van der Waals surface area contributed by atoms with E-state index < -0.39 is 0 Å². The molecular formula is C14H13ClFNO. The average Bonchev–Trinajstić information content (AvgIpc) is 2.30. The molecule has 2 aromatic carbocycles. The summed E-state index contributed by atoms with van der Waals surface area (Å²) < 4.78 is 18.4. The highest BCUT2D eigenvalue weighted by molar-refractivity contribution is 6.31. The third kappa shape index (κ3) is 2.93. The van der Waals surface area contributed by atoms with Crippen molar-refractivity contribution >= 4 is 17.3 Å². The molecule has 0 saturated carbocycles. The maximum atomic E-state index is 12.9. The molecule has 0 saturated heterocycles. The van der Waals surface area contributed by atoms with Gasteiger partial charge in [-0.05, 0) is 30.7 Å². The fourth-order valence-electron chi connectivity index (χ4n) is 1.58. The zero-order valence-corrected chi connectivity index (χ0v) is 10.7. The van der Waals surface area contributed by atoms with Gasteiger partial charge in [-0.3, -0.25) is 0 Å². The molecule has 0 aromatic heterocycles. The smallest absolute Gasteiger partial charge is 0.142 e. The lowest BCUT2D eigenvalue weighted by Gasteiger charge is -2.10. The van der Waals surface area contributed by atoms with E-state index in [2.05, 4.69) is 0 Å². The van der Waals surface area contributed by atoms with Crippen molar-refractivity contribution in [2.24, 2.45) is 0 Å². The summed E-state index contributed by atoms with van der Waals surface area (Å²) in [6, 6.07) is 9.77. The van der Waals surface area contributed by atoms with Gasteiger partial charge in [-0.25, -0.2) is 4.39 Å². The highest BCUT2D eigenvalue weighted by atomic mass is 35.5. The zero-order chi connectivity index (χ0) is 13.1. The van der Waals surface area contributed by atoms with E-state index in [-0.39, 0.29) is 11.5 Å². The fourth-order valence-corrected chi connectivity index (χ4v) is 1.87. The molecule has 4 heteroatoms. The van der Waals surface area contributed by atoms with E-state index in [1.165, 1.54) is 18.2 Å². The summed E-state index contributed by atoms with van der Waals surface area (Å²) in [6.07, 6.45) is 0. The van der Waals surface area contributed by atoms with Crippen LogP contribution >= 0.6 is 11.6 Å². The lowest BCUT2D eigenvalue weighted by molar-refractivity contribution is 0.307. The van der Waals surface area contributed by atoms with Gasteiger partial charge in [0.2, 0.25) is 0 Å². The van der Waals surface area contributed by atoms with Gasteiger partial charge in [0.25, 0.3) is 0 Å². The molecule has 0 unspecified atom stereocenters. The van der Waals surface area contributed by atoms with Crippen LogP contribution in [0.5, 0.6) is 5.75 Å². The minimum atomic E-state index is -0.381. The Kier molecular flexibility index (Phi) is 3.72. The van der Waals surface area contributed by atoms with Gasteiger partial charge >= 0.3 is 0 Å². The topological polar surface area (TPSA) is 35.2 Å². The molecule has 0 radical (unpaired) electrons. The molecule has 2 nitrogen and oxygen atoms in total. The Labute approximate surface area is 110 Å². The van der Waals surface area contributed by atoms with Gasteiger partial charge in [0.05, 0.1) is 5.69 Å². The number of halogens is 2. The number of ether oxygens (including phenoxy) is 1. The largest absolute Gasteiger partial charge is 0.487 e. The second kappa shape index (κ2) is 5.27. The molecule has 0 spiro atoms. The van der Waals surface area contributed by atoms with E-state index >= 15 is 0 Å². The number of aryl methyl sites for hydroxylation is 1. The Balaban J connectivity index is 2.11. The minimum Gasteiger partial charge on any atom is -0.487 e. The normalized spacial score (nSPS) is 10.4. The molecule has 2 aromatic rings. The third-order valence-electron chi connectivity index (χ3n) is 2.56. The van der Waals surface area contributed by atoms with Crippen LogP contribution < -0.4 is 10.5 Å². The van der Waals surface area contributed by atoms with Crippen molar-refractivity contribution in [3.63, 3.8) is 0 Å². The molecule has 0 fully saturated rings. The van der Waals surface area contributed by atoms with Gasteiger partial charge in [-0.1, -0.05) is 23.7 Å². The average molecular weight is 266 g/mol. The quantitative estimate of drug-likeness (QED) is 0.853. The monoisotopic (exact) mass is 265 g/mol. The summed E-state index contributed by atoms with van der Waals surface area (Å²) in [7, 11) is 0. The number of nitrogen functional groups attached to an aromatic ring is 1. The van der Waals surface area contributed by atoms with Crippen molar-refractivity contribution < 1.29 is 9.13 Å². The number of benzene rings is 2. The first kappa shape index (κ1) is 12.7. The summed E-state index contributed by atoms with van der Waals surface area (Å²) in [6.45, 7) is 2.27. The molecule has 0 aliphatic heterocycles. The van der Waals surface area contributed by atoms with Crippen molar-refractivity contribution in [2.45, 2.75) is 13.5 Å². The third-order valence-corrected chi connectivity index (χ3v) is 2.92. The number of hydrogen-bond acceptors (Lipinski definition) is 2. The van der Waals surface area contributed by atoms with Gasteiger partial charge in [-0.2, -0.15) is 0 Å². The van der Waals surface area contributed by atoms with Gasteiger partial charge < -0.3 is 10.5 Å². The van der Waals surface area contributed by atoms with Crippen molar-refractivity contribution in [3.05, 3.63) is 58.4 Å². The SMILES string of the molecule is Cc1ccc(COc2ccc(F)cc2N)c(Cl)c1. The zero-order valence-electron chi connectivity index (χ0n) is 9.91. The maximum Gasteiger partial charge on any atom is 0.142 e. The summed E-state index contributed by atoms with van der Waals surface area (Å²) in [5.74, 6) is 0.0706. The van der Waals surface area contributed by atoms with Crippen LogP contribution in [0, 0.1) is 12.7 Å². The maximum absolute atomic E-state index is 12.9. The Bertz CT molecular complexity index is 520. The Morgan fingerprint density at radius 2 is 2.00 bits per heavy atom. The van der Waals surface area contributed by atoms with E-state index in [1.807, 2.05) is 25.1 Å². The second-order valence-electron chi connectivity index (χ2n) is 4.07. The standard InChI is InChI=1S/C14H13ClFNO/c1-9-2-3-10(12(15)6-9)8-18-14-5-4-11(16)7-13(14)17/h2-7H,8,17H2,1H3. The van der Waals surface area contributed by atoms with Gasteiger partial charge in [-0.15, -0.1) is 0 Å². The second-order valence-corrected chi connectivity index (χ2v) is 4.47. The summed E-state index contributed by atoms with van der Waals surface area (Å²) in [5.41, 5.74) is 7.88. The van der Waals surface area contributed by atoms with Gasteiger partial charge in [0.15, 0.2) is 0 Å². The minimum absolute atomic E-state index is 0.276. The van der Waals surface area contributed by atoms with Crippen LogP contribution in [0.1, 0.15) is 11.1 Å². The van der Waals surface area contributed by atoms with E-state index in [0.717, 1.165) is 11.1 Å². The number of anilines is 1. The number of nitrogens with two attached hydrogens (primary N) is 1. The van der Waals surface area contributed by atoms with Crippen molar-refractivity contribution in [1.29, 1.82) is 0 Å². The molecule has 0 atom stereocenters. The van der Waals surface area contributed by atoms with Crippen LogP contribution in [0.25, 0.3) is 0 Å². The molecule has 0 aliphatic carbocycles. The molecule has 0 bridgehead atoms. The predicted molar refractivity (Wildman–Crippen MR) is 71.3 cm³/mol. The highest BCUT2D eigenvalue weighted by Gasteiger charge is 2.05. The molecule has 0 aliphatic rings. The van der Waals surface area contributed by atoms with E-state index in [9.17, 15) is 4.39 Å². The lowest BCUT2D eigenvalue weighted by atomic mass is 10.1. The van der Waals surface area contributed by atoms with Crippen LogP contribution in [0.3, 0.4) is 0 Å². The Hall–Kier alpha value is -1.74. The molecule has 94 valence electrons. The highest BCUT2D eigenvalue weighted by Crippen LogP contribution is 2.25. The summed E-state index contributed by atoms with van der Waals surface area (Å²) in [4.78, 5) is 0. The molecular weight excluding hydrogens is 253 g/mol. The number of rotatable bonds is 3. The van der Waals surface area contributed by atoms with Crippen molar-refractivity contribution in [1.82, 2.24) is 0 Å². The Morgan fingerprint density at radius 3 is 2.67 bits per heavy atom. The van der Waals surface area contributed by atoms with Crippen molar-refractivity contribution in [3.8, 4) is 5.75 Å². The van der Waals surface area contributed by atoms with Gasteiger partial charge in [0, 0.05) is 16.7 Å². The summed E-state index contributed by atoms with van der Waals surface area (Å²) >= 11 is 6.09. The fraction of sp³-hybridized carbons (Fsp3) is 0.143. The lowest BCUT2D eigenvalue weighted by Crippen LogP contribution is -2.00.